The fourth-order valence-corrected chi connectivity index (χ4v) is 5.21. The number of carbonyl (C=O) groups is 2. The molecule has 6 nitrogen and oxygen atoms in total. The molecule has 166 valence electrons. The molecule has 0 aliphatic carbocycles. The average Bonchev–Trinajstić information content (AvgIpc) is 3.44. The first-order valence-corrected chi connectivity index (χ1v) is 11.8. The van der Waals surface area contributed by atoms with E-state index >= 15 is 0 Å². The molecule has 0 spiro atoms. The predicted molar refractivity (Wildman–Crippen MR) is 120 cm³/mol. The Balaban J connectivity index is 1.46. The van der Waals surface area contributed by atoms with E-state index in [1.54, 1.807) is 16.2 Å². The van der Waals surface area contributed by atoms with Gasteiger partial charge in [0.2, 0.25) is 11.8 Å². The molecule has 1 saturated heterocycles. The molecule has 0 N–H and O–H groups in total. The van der Waals surface area contributed by atoms with E-state index in [0.717, 1.165) is 37.2 Å². The summed E-state index contributed by atoms with van der Waals surface area (Å²) in [7, 11) is 0. The fraction of sp³-hybridized carbons (Fsp3) is 0.500. The third-order valence-electron chi connectivity index (χ3n) is 6.06. The lowest BCUT2D eigenvalue weighted by molar-refractivity contribution is -0.142. The lowest BCUT2D eigenvalue weighted by Crippen LogP contribution is -2.48. The van der Waals surface area contributed by atoms with E-state index in [4.69, 9.17) is 9.47 Å². The number of aryl methyl sites for hydroxylation is 1. The van der Waals surface area contributed by atoms with Crippen molar-refractivity contribution in [3.63, 3.8) is 0 Å². The minimum atomic E-state index is -0.152. The fourth-order valence-electron chi connectivity index (χ4n) is 4.28. The maximum absolute atomic E-state index is 13.3. The third kappa shape index (κ3) is 5.28. The highest BCUT2D eigenvalue weighted by atomic mass is 32.1. The van der Waals surface area contributed by atoms with Gasteiger partial charge in [-0.05, 0) is 55.3 Å². The van der Waals surface area contributed by atoms with E-state index in [1.807, 2.05) is 36.1 Å². The zero-order chi connectivity index (χ0) is 21.8. The second kappa shape index (κ2) is 9.83. The van der Waals surface area contributed by atoms with E-state index in [1.165, 1.54) is 17.4 Å². The van der Waals surface area contributed by atoms with Gasteiger partial charge in [-0.25, -0.2) is 0 Å². The summed E-state index contributed by atoms with van der Waals surface area (Å²) < 4.78 is 11.8. The van der Waals surface area contributed by atoms with Gasteiger partial charge in [-0.2, -0.15) is 0 Å². The Morgan fingerprint density at radius 1 is 1.26 bits per heavy atom. The van der Waals surface area contributed by atoms with Crippen LogP contribution in [-0.4, -0.2) is 60.6 Å². The molecular weight excluding hydrogens is 412 g/mol. The van der Waals surface area contributed by atoms with Crippen LogP contribution in [0.1, 0.15) is 41.8 Å². The van der Waals surface area contributed by atoms with Crippen LogP contribution in [0.3, 0.4) is 0 Å². The summed E-state index contributed by atoms with van der Waals surface area (Å²) in [6.45, 7) is 5.88. The predicted octanol–water partition coefficient (Wildman–Crippen LogP) is 3.59. The molecule has 7 heteroatoms. The van der Waals surface area contributed by atoms with Crippen molar-refractivity contribution in [2.45, 2.75) is 45.3 Å². The van der Waals surface area contributed by atoms with Gasteiger partial charge in [-0.15, -0.1) is 11.3 Å². The van der Waals surface area contributed by atoms with Gasteiger partial charge in [0, 0.05) is 31.5 Å². The second-order valence-electron chi connectivity index (χ2n) is 8.31. The van der Waals surface area contributed by atoms with Gasteiger partial charge < -0.3 is 19.3 Å². The van der Waals surface area contributed by atoms with Crippen molar-refractivity contribution in [1.82, 2.24) is 9.80 Å². The maximum Gasteiger partial charge on any atom is 0.242 e. The molecule has 2 aromatic rings. The lowest BCUT2D eigenvalue weighted by atomic mass is 10.0. The van der Waals surface area contributed by atoms with Crippen molar-refractivity contribution in [1.29, 1.82) is 0 Å². The van der Waals surface area contributed by atoms with Gasteiger partial charge in [-0.3, -0.25) is 9.59 Å². The van der Waals surface area contributed by atoms with E-state index in [-0.39, 0.29) is 30.5 Å². The number of nitrogens with zero attached hydrogens (tertiary/aromatic N) is 2. The molecule has 2 aliphatic rings. The first-order valence-electron chi connectivity index (χ1n) is 10.9. The Labute approximate surface area is 187 Å². The van der Waals surface area contributed by atoms with Crippen LogP contribution in [0.5, 0.6) is 5.75 Å². The molecule has 1 aromatic heterocycles. The van der Waals surface area contributed by atoms with Crippen molar-refractivity contribution in [3.8, 4) is 5.75 Å². The molecule has 0 radical (unpaired) electrons. The van der Waals surface area contributed by atoms with Gasteiger partial charge in [0.1, 0.15) is 12.4 Å². The molecule has 0 saturated carbocycles. The van der Waals surface area contributed by atoms with Crippen molar-refractivity contribution in [2.75, 3.05) is 32.8 Å². The zero-order valence-electron chi connectivity index (χ0n) is 18.2. The van der Waals surface area contributed by atoms with E-state index in [2.05, 4.69) is 11.4 Å². The summed E-state index contributed by atoms with van der Waals surface area (Å²) in [5.41, 5.74) is 2.34. The van der Waals surface area contributed by atoms with Crippen molar-refractivity contribution in [3.05, 3.63) is 51.7 Å². The van der Waals surface area contributed by atoms with Crippen LogP contribution in [0.25, 0.3) is 0 Å². The smallest absolute Gasteiger partial charge is 0.242 e. The average molecular weight is 443 g/mol. The van der Waals surface area contributed by atoms with Crippen LogP contribution in [0.2, 0.25) is 0 Å². The molecular formula is C24H30N2O4S. The van der Waals surface area contributed by atoms with Gasteiger partial charge in [-0.1, -0.05) is 17.7 Å². The van der Waals surface area contributed by atoms with Gasteiger partial charge >= 0.3 is 0 Å². The number of ether oxygens (including phenoxy) is 2. The number of carbonyl (C=O) groups excluding carboxylic acids is 2. The SMILES string of the molecule is CC(=O)N(CC(=O)N1CCc2sccc2[C@H]1COc1ccc(C)cc1)C[C@@H]1CCCO1. The number of benzene rings is 1. The van der Waals surface area contributed by atoms with Crippen molar-refractivity contribution >= 4 is 23.2 Å². The van der Waals surface area contributed by atoms with Crippen molar-refractivity contribution in [2.24, 2.45) is 0 Å². The highest BCUT2D eigenvalue weighted by molar-refractivity contribution is 7.10. The summed E-state index contributed by atoms with van der Waals surface area (Å²) in [6.07, 6.45) is 2.82. The lowest BCUT2D eigenvalue weighted by Gasteiger charge is -2.37. The minimum Gasteiger partial charge on any atom is -0.491 e. The molecule has 1 fully saturated rings. The Bertz CT molecular complexity index is 905. The van der Waals surface area contributed by atoms with Crippen LogP contribution in [-0.2, 0) is 20.7 Å². The summed E-state index contributed by atoms with van der Waals surface area (Å²) >= 11 is 1.73. The molecule has 4 rings (SSSR count). The van der Waals surface area contributed by atoms with Crippen molar-refractivity contribution < 1.29 is 19.1 Å². The first kappa shape index (κ1) is 21.8. The number of fused-ring (bicyclic) bond motifs is 1. The maximum atomic E-state index is 13.3. The van der Waals surface area contributed by atoms with E-state index in [0.29, 0.717) is 19.7 Å². The number of rotatable bonds is 7. The number of thiophene rings is 1. The summed E-state index contributed by atoms with van der Waals surface area (Å²) in [5.74, 6) is 0.663. The zero-order valence-corrected chi connectivity index (χ0v) is 19.0. The molecule has 2 aliphatic heterocycles. The standard InChI is InChI=1S/C24H30N2O4S/c1-17-5-7-19(8-6-17)30-16-22-21-10-13-31-23(21)9-11-26(22)24(28)15-25(18(2)27)14-20-4-3-12-29-20/h5-8,10,13,20,22H,3-4,9,11-12,14-16H2,1-2H3/t20-,22+/m0/s1. The van der Waals surface area contributed by atoms with Gasteiger partial charge in [0.15, 0.2) is 0 Å². The molecule has 0 unspecified atom stereocenters. The summed E-state index contributed by atoms with van der Waals surface area (Å²) in [5, 5.41) is 2.08. The Morgan fingerprint density at radius 3 is 2.77 bits per heavy atom. The third-order valence-corrected chi connectivity index (χ3v) is 7.06. The highest BCUT2D eigenvalue weighted by Gasteiger charge is 2.33. The van der Waals surface area contributed by atoms with E-state index < -0.39 is 0 Å². The Kier molecular flexibility index (Phi) is 6.92. The minimum absolute atomic E-state index is 0.0298. The second-order valence-corrected chi connectivity index (χ2v) is 9.31. The molecule has 1 aromatic carbocycles. The highest BCUT2D eigenvalue weighted by Crippen LogP contribution is 2.34. The normalized spacial score (nSPS) is 20.4. The Hall–Kier alpha value is -2.38. The quantitative estimate of drug-likeness (QED) is 0.658. The topological polar surface area (TPSA) is 59.1 Å². The summed E-state index contributed by atoms with van der Waals surface area (Å²) in [4.78, 5) is 30.3. The molecule has 3 heterocycles. The number of amides is 2. The number of hydrogen-bond donors (Lipinski definition) is 0. The van der Waals surface area contributed by atoms with Crippen LogP contribution < -0.4 is 4.74 Å². The molecule has 0 bridgehead atoms. The summed E-state index contributed by atoms with van der Waals surface area (Å²) in [6, 6.07) is 9.89. The Morgan fingerprint density at radius 2 is 2.06 bits per heavy atom. The monoisotopic (exact) mass is 442 g/mol. The van der Waals surface area contributed by atoms with Crippen LogP contribution >= 0.6 is 11.3 Å². The molecule has 31 heavy (non-hydrogen) atoms. The van der Waals surface area contributed by atoms with Crippen LogP contribution in [0.4, 0.5) is 0 Å². The van der Waals surface area contributed by atoms with Crippen LogP contribution in [0.15, 0.2) is 35.7 Å². The van der Waals surface area contributed by atoms with Gasteiger partial charge in [0.25, 0.3) is 0 Å². The largest absolute Gasteiger partial charge is 0.491 e. The number of hydrogen-bond acceptors (Lipinski definition) is 5. The first-order chi connectivity index (χ1) is 15.0. The van der Waals surface area contributed by atoms with E-state index in [9.17, 15) is 9.59 Å². The van der Waals surface area contributed by atoms with Gasteiger partial charge in [0.05, 0.1) is 18.7 Å². The van der Waals surface area contributed by atoms with Crippen LogP contribution in [0, 0.1) is 6.92 Å². The molecule has 2 amide bonds. The molecule has 2 atom stereocenters.